The topological polar surface area (TPSA) is 31.4 Å². The van der Waals surface area contributed by atoms with Crippen molar-refractivity contribution >= 4 is 114 Å². The highest BCUT2D eigenvalue weighted by molar-refractivity contribution is 7.03. The fraction of sp³-hybridized carbons (Fsp3) is 0.224. The zero-order valence-corrected chi connectivity index (χ0v) is 56.7. The minimum Gasteiger partial charge on any atom is -0.457 e. The number of anilines is 12. The van der Waals surface area contributed by atoms with Gasteiger partial charge in [-0.1, -0.05) is 181 Å². The SMILES string of the molecule is Cc1ccccc1N1c2cc3c4cc2B2c5cc(ccc5N(c5c(C)cccc5C)c5cc(Oc6c(C)cccc6C)cc1c52)C(C(C)(C)C)(C(C)(C)C)c1ccc2c(c1)B4c1c(cc(Oc4c(C)cccc4C)cc1N2c1c(C)cccc1C)N3c1ccccc1C. The number of benzene rings is 11. The molecule has 0 aromatic heterocycles. The van der Waals surface area contributed by atoms with Crippen LogP contribution in [0.25, 0.3) is 0 Å². The van der Waals surface area contributed by atoms with Gasteiger partial charge in [-0.3, -0.25) is 0 Å². The van der Waals surface area contributed by atoms with Crippen LogP contribution in [-0.4, -0.2) is 13.4 Å². The molecule has 11 aromatic carbocycles. The van der Waals surface area contributed by atoms with Gasteiger partial charge in [-0.2, -0.15) is 0 Å². The molecule has 5 heterocycles. The minimum absolute atomic E-state index is 0.217. The summed E-state index contributed by atoms with van der Waals surface area (Å²) in [7, 11) is 0. The van der Waals surface area contributed by atoms with Gasteiger partial charge >= 0.3 is 0 Å². The average molecular weight is 1210 g/mol. The Kier molecular flexibility index (Phi) is 13.0. The highest BCUT2D eigenvalue weighted by atomic mass is 16.5. The Morgan fingerprint density at radius 3 is 0.935 bits per heavy atom. The standard InChI is InChI=1S/C85H80B2N4O2/c1-49-25-17-19-35-67(49)88-71-48-72-66-47-65(71)86-63-41-59(37-39-69(63)90(79-51(3)27-21-28-52(79)4)75-45-61(43-73(88)77(75)86)92-81-55(7)31-23-32-56(81)8)85(83(11,12)13,84(14,15)16)60-38-40-70-64(42-60)87(66)78-74(89(72)68-36-20-18-26-50(68)2)44-62(93-82-57(9)33-24-34-58(82)10)46-76(78)91(70)80-53(5)29-22-30-54(80)6/h17-48H,1-16H3. The van der Waals surface area contributed by atoms with Crippen LogP contribution in [0.1, 0.15) is 108 Å². The van der Waals surface area contributed by atoms with E-state index < -0.39 is 5.41 Å². The van der Waals surface area contributed by atoms with E-state index in [1.807, 2.05) is 0 Å². The van der Waals surface area contributed by atoms with Crippen LogP contribution in [0.5, 0.6) is 23.0 Å². The molecule has 93 heavy (non-hydrogen) atoms. The summed E-state index contributed by atoms with van der Waals surface area (Å²) in [6, 6.07) is 74.4. The monoisotopic (exact) mass is 1210 g/mol. The summed E-state index contributed by atoms with van der Waals surface area (Å²) < 4.78 is 14.8. The van der Waals surface area contributed by atoms with Crippen LogP contribution in [0.4, 0.5) is 68.2 Å². The van der Waals surface area contributed by atoms with Crippen molar-refractivity contribution in [3.8, 4) is 23.0 Å². The molecule has 0 spiro atoms. The second-order valence-corrected chi connectivity index (χ2v) is 29.4. The van der Waals surface area contributed by atoms with Gasteiger partial charge in [-0.25, -0.2) is 0 Å². The maximum atomic E-state index is 7.42. The van der Waals surface area contributed by atoms with Gasteiger partial charge in [0.25, 0.3) is 13.4 Å². The Bertz CT molecular complexity index is 4640. The molecule has 0 saturated heterocycles. The first kappa shape index (κ1) is 58.4. The van der Waals surface area contributed by atoms with Crippen molar-refractivity contribution < 1.29 is 9.47 Å². The van der Waals surface area contributed by atoms with E-state index >= 15 is 0 Å². The van der Waals surface area contributed by atoms with Crippen LogP contribution in [0, 0.1) is 80.1 Å². The molecule has 0 aliphatic carbocycles. The predicted molar refractivity (Wildman–Crippen MR) is 395 cm³/mol. The molecule has 0 radical (unpaired) electrons. The van der Waals surface area contributed by atoms with Crippen molar-refractivity contribution in [2.24, 2.45) is 10.8 Å². The molecule has 5 aliphatic rings. The first-order valence-corrected chi connectivity index (χ1v) is 33.3. The average Bonchev–Trinajstić information content (AvgIpc) is 0.676. The molecule has 0 fully saturated rings. The van der Waals surface area contributed by atoms with E-state index in [1.54, 1.807) is 0 Å². The van der Waals surface area contributed by atoms with Gasteiger partial charge in [0.05, 0.1) is 11.4 Å². The first-order chi connectivity index (χ1) is 44.5. The van der Waals surface area contributed by atoms with E-state index in [-0.39, 0.29) is 24.3 Å². The molecule has 0 saturated carbocycles. The van der Waals surface area contributed by atoms with E-state index in [1.165, 1.54) is 100 Å². The summed E-state index contributed by atoms with van der Waals surface area (Å²) in [6.07, 6.45) is 0. The van der Waals surface area contributed by atoms with Crippen LogP contribution in [0.15, 0.2) is 194 Å². The Balaban J connectivity index is 1.12. The normalized spacial score (nSPS) is 14.4. The molecule has 0 atom stereocenters. The molecule has 8 heteroatoms. The lowest BCUT2D eigenvalue weighted by molar-refractivity contribution is 0.0908. The minimum atomic E-state index is -0.544. The number of nitrogens with zero attached hydrogens (tertiary/aromatic N) is 4. The lowest BCUT2D eigenvalue weighted by Gasteiger charge is -2.56. The summed E-state index contributed by atoms with van der Waals surface area (Å²) in [5.74, 6) is 3.32. The van der Waals surface area contributed by atoms with Gasteiger partial charge < -0.3 is 29.1 Å². The summed E-state index contributed by atoms with van der Waals surface area (Å²) in [5.41, 5.74) is 34.3. The van der Waals surface area contributed by atoms with E-state index in [4.69, 9.17) is 9.47 Å². The quantitative estimate of drug-likeness (QED) is 0.141. The molecule has 0 unspecified atom stereocenters. The Labute approximate surface area is 551 Å². The fourth-order valence-electron chi connectivity index (χ4n) is 18.2. The van der Waals surface area contributed by atoms with E-state index in [9.17, 15) is 0 Å². The fourth-order valence-corrected chi connectivity index (χ4v) is 18.2. The smallest absolute Gasteiger partial charge is 0.252 e. The number of para-hydroxylation sites is 6. The van der Waals surface area contributed by atoms with Crippen LogP contribution in [-0.2, 0) is 5.41 Å². The first-order valence-electron chi connectivity index (χ1n) is 33.3. The van der Waals surface area contributed by atoms with Crippen LogP contribution in [0.2, 0.25) is 0 Å². The van der Waals surface area contributed by atoms with Crippen molar-refractivity contribution in [3.63, 3.8) is 0 Å². The summed E-state index contributed by atoms with van der Waals surface area (Å²) >= 11 is 0. The van der Waals surface area contributed by atoms with Crippen molar-refractivity contribution in [2.75, 3.05) is 19.6 Å². The molecule has 458 valence electrons. The van der Waals surface area contributed by atoms with Crippen molar-refractivity contribution in [3.05, 3.63) is 261 Å². The van der Waals surface area contributed by atoms with Gasteiger partial charge in [0.15, 0.2) is 0 Å². The third-order valence-electron chi connectivity index (χ3n) is 21.6. The zero-order valence-electron chi connectivity index (χ0n) is 56.7. The second kappa shape index (κ2) is 20.7. The van der Waals surface area contributed by atoms with Gasteiger partial charge in [0.2, 0.25) is 0 Å². The lowest BCUT2D eigenvalue weighted by atomic mass is 9.29. The third-order valence-corrected chi connectivity index (χ3v) is 21.6. The Hall–Kier alpha value is -9.65. The maximum absolute atomic E-state index is 7.42. The highest BCUT2D eigenvalue weighted by Gasteiger charge is 2.56. The molecule has 16 rings (SSSR count). The molecule has 6 nitrogen and oxygen atoms in total. The third kappa shape index (κ3) is 8.35. The lowest BCUT2D eigenvalue weighted by Crippen LogP contribution is -2.66. The van der Waals surface area contributed by atoms with E-state index in [2.05, 4.69) is 325 Å². The molecule has 5 aliphatic heterocycles. The number of hydrogen-bond acceptors (Lipinski definition) is 6. The number of fused-ring (bicyclic) bond motifs is 2. The van der Waals surface area contributed by atoms with Crippen molar-refractivity contribution in [1.29, 1.82) is 0 Å². The van der Waals surface area contributed by atoms with Crippen molar-refractivity contribution in [2.45, 2.75) is 116 Å². The summed E-state index contributed by atoms with van der Waals surface area (Å²) in [5, 5.41) is 0. The summed E-state index contributed by atoms with van der Waals surface area (Å²) in [4.78, 5) is 10.4. The van der Waals surface area contributed by atoms with Crippen LogP contribution < -0.4 is 61.9 Å². The predicted octanol–water partition coefficient (Wildman–Crippen LogP) is 19.2. The molecular weight excluding hydrogens is 1130 g/mol. The van der Waals surface area contributed by atoms with Gasteiger partial charge in [-0.15, -0.1) is 0 Å². The van der Waals surface area contributed by atoms with Gasteiger partial charge in [-0.05, 0) is 210 Å². The highest BCUT2D eigenvalue weighted by Crippen LogP contribution is 2.60. The van der Waals surface area contributed by atoms with Gasteiger partial charge in [0.1, 0.15) is 23.0 Å². The summed E-state index contributed by atoms with van der Waals surface area (Å²) in [6.45, 7) is 36.8. The van der Waals surface area contributed by atoms with Crippen molar-refractivity contribution in [1.82, 2.24) is 0 Å². The molecular formula is C85H80B2N4O2. The number of aryl methyl sites for hydroxylation is 10. The number of hydrogen-bond donors (Lipinski definition) is 0. The molecule has 6 bridgehead atoms. The molecule has 11 aromatic rings. The van der Waals surface area contributed by atoms with Gasteiger partial charge in [0, 0.05) is 86.6 Å². The van der Waals surface area contributed by atoms with Crippen LogP contribution in [0.3, 0.4) is 0 Å². The number of ether oxygens (including phenoxy) is 2. The zero-order chi connectivity index (χ0) is 64.6. The van der Waals surface area contributed by atoms with E-state index in [0.29, 0.717) is 0 Å². The molecule has 0 N–H and O–H groups in total. The number of rotatable bonds is 8. The second-order valence-electron chi connectivity index (χ2n) is 29.4. The molecule has 0 amide bonds. The largest absolute Gasteiger partial charge is 0.457 e. The Morgan fingerprint density at radius 2 is 0.591 bits per heavy atom. The maximum Gasteiger partial charge on any atom is 0.252 e. The Morgan fingerprint density at radius 1 is 0.280 bits per heavy atom. The van der Waals surface area contributed by atoms with Crippen LogP contribution >= 0.6 is 0 Å². The van der Waals surface area contributed by atoms with E-state index in [0.717, 1.165) is 90.8 Å².